The number of aromatic hydroxyl groups is 1. The Labute approximate surface area is 186 Å². The Morgan fingerprint density at radius 2 is 1.56 bits per heavy atom. The van der Waals surface area contributed by atoms with E-state index in [2.05, 4.69) is 16.0 Å². The molecule has 0 bridgehead atoms. The summed E-state index contributed by atoms with van der Waals surface area (Å²) in [5, 5.41) is 35.1. The Morgan fingerprint density at radius 3 is 2.06 bits per heavy atom. The average molecular weight is 453 g/mol. The molecule has 8 N–H and O–H groups in total. The number of aliphatic carboxylic acids is 1. The summed E-state index contributed by atoms with van der Waals surface area (Å²) in [6, 6.07) is 1.38. The van der Waals surface area contributed by atoms with Gasteiger partial charge < -0.3 is 37.0 Å². The molecule has 0 fully saturated rings. The molecule has 0 aliphatic carbocycles. The van der Waals surface area contributed by atoms with Crippen LogP contribution in [0.3, 0.4) is 0 Å². The monoisotopic (exact) mass is 452 g/mol. The van der Waals surface area contributed by atoms with Crippen molar-refractivity contribution in [3.63, 3.8) is 0 Å². The normalized spacial score (nSPS) is 15.5. The second-order valence-corrected chi connectivity index (χ2v) is 7.66. The topological polar surface area (TPSA) is 191 Å². The van der Waals surface area contributed by atoms with Crippen molar-refractivity contribution in [2.45, 2.75) is 57.8 Å². The number of carbonyl (C=O) groups is 4. The van der Waals surface area contributed by atoms with E-state index < -0.39 is 54.5 Å². The number of aliphatic hydroxyl groups excluding tert-OH is 1. The van der Waals surface area contributed by atoms with Crippen molar-refractivity contribution in [2.75, 3.05) is 6.61 Å². The van der Waals surface area contributed by atoms with Gasteiger partial charge in [0.25, 0.3) is 0 Å². The summed E-state index contributed by atoms with van der Waals surface area (Å²) in [6.45, 7) is 4.36. The fourth-order valence-electron chi connectivity index (χ4n) is 2.78. The zero-order valence-corrected chi connectivity index (χ0v) is 18.4. The third-order valence-electron chi connectivity index (χ3n) is 5.07. The molecule has 11 nitrogen and oxygen atoms in total. The summed E-state index contributed by atoms with van der Waals surface area (Å²) in [7, 11) is 0. The SMILES string of the molecule is CCC(C)C(NC(=O)C(N)CO)C(=O)NC(C)C(=O)NC(Cc1ccc(O)cc1)C(=O)O. The van der Waals surface area contributed by atoms with Crippen molar-refractivity contribution in [3.8, 4) is 5.75 Å². The highest BCUT2D eigenvalue weighted by Crippen LogP contribution is 2.12. The predicted octanol–water partition coefficient (Wildman–Crippen LogP) is -1.14. The highest BCUT2D eigenvalue weighted by molar-refractivity contribution is 5.94. The van der Waals surface area contributed by atoms with Crippen LogP contribution in [-0.4, -0.2) is 69.8 Å². The lowest BCUT2D eigenvalue weighted by molar-refractivity contribution is -0.142. The molecular weight excluding hydrogens is 420 g/mol. The van der Waals surface area contributed by atoms with E-state index >= 15 is 0 Å². The second kappa shape index (κ2) is 12.6. The number of phenols is 1. The molecule has 3 amide bonds. The van der Waals surface area contributed by atoms with Gasteiger partial charge in [-0.2, -0.15) is 0 Å². The van der Waals surface area contributed by atoms with Crippen molar-refractivity contribution in [3.05, 3.63) is 29.8 Å². The van der Waals surface area contributed by atoms with E-state index in [0.717, 1.165) is 0 Å². The first-order chi connectivity index (χ1) is 15.0. The number of amides is 3. The molecule has 1 rings (SSSR count). The van der Waals surface area contributed by atoms with Crippen molar-refractivity contribution in [2.24, 2.45) is 11.7 Å². The quantitative estimate of drug-likeness (QED) is 0.207. The third kappa shape index (κ3) is 8.16. The standard InChI is InChI=1S/C21H32N4O7/c1-4-11(2)17(25-19(29)15(22)10-26)20(30)23-12(3)18(28)24-16(21(31)32)9-13-5-7-14(27)8-6-13/h5-8,11-12,15-17,26-27H,4,9-10,22H2,1-3H3,(H,23,30)(H,24,28)(H,25,29)(H,31,32). The molecule has 5 unspecified atom stereocenters. The van der Waals surface area contributed by atoms with Crippen LogP contribution < -0.4 is 21.7 Å². The summed E-state index contributed by atoms with van der Waals surface area (Å²) in [6.07, 6.45) is 0.521. The number of hydrogen-bond donors (Lipinski definition) is 7. The van der Waals surface area contributed by atoms with Crippen LogP contribution >= 0.6 is 0 Å². The Morgan fingerprint density at radius 1 is 0.969 bits per heavy atom. The summed E-state index contributed by atoms with van der Waals surface area (Å²) >= 11 is 0. The smallest absolute Gasteiger partial charge is 0.326 e. The van der Waals surface area contributed by atoms with Crippen LogP contribution in [0.5, 0.6) is 5.75 Å². The van der Waals surface area contributed by atoms with Gasteiger partial charge in [0.15, 0.2) is 0 Å². The van der Waals surface area contributed by atoms with Gasteiger partial charge in [-0.1, -0.05) is 32.4 Å². The van der Waals surface area contributed by atoms with Crippen LogP contribution in [0.25, 0.3) is 0 Å². The zero-order valence-electron chi connectivity index (χ0n) is 18.4. The molecule has 1 aromatic carbocycles. The van der Waals surface area contributed by atoms with E-state index in [0.29, 0.717) is 12.0 Å². The van der Waals surface area contributed by atoms with Crippen molar-refractivity contribution >= 4 is 23.7 Å². The third-order valence-corrected chi connectivity index (χ3v) is 5.07. The van der Waals surface area contributed by atoms with Crippen molar-refractivity contribution in [1.82, 2.24) is 16.0 Å². The zero-order chi connectivity index (χ0) is 24.4. The molecule has 11 heteroatoms. The van der Waals surface area contributed by atoms with Gasteiger partial charge in [-0.25, -0.2) is 4.79 Å². The molecule has 0 spiro atoms. The van der Waals surface area contributed by atoms with Crippen LogP contribution in [0.4, 0.5) is 0 Å². The lowest BCUT2D eigenvalue weighted by Crippen LogP contribution is -2.58. The minimum Gasteiger partial charge on any atom is -0.508 e. The average Bonchev–Trinajstić information content (AvgIpc) is 2.76. The fourth-order valence-corrected chi connectivity index (χ4v) is 2.78. The molecule has 0 aliphatic heterocycles. The molecule has 1 aromatic rings. The number of benzene rings is 1. The highest BCUT2D eigenvalue weighted by Gasteiger charge is 2.30. The predicted molar refractivity (Wildman–Crippen MR) is 115 cm³/mol. The first-order valence-electron chi connectivity index (χ1n) is 10.3. The molecule has 0 saturated carbocycles. The number of rotatable bonds is 12. The van der Waals surface area contributed by atoms with Crippen LogP contribution in [0.1, 0.15) is 32.8 Å². The van der Waals surface area contributed by atoms with E-state index in [1.54, 1.807) is 19.1 Å². The van der Waals surface area contributed by atoms with E-state index in [1.165, 1.54) is 19.1 Å². The molecule has 0 heterocycles. The largest absolute Gasteiger partial charge is 0.508 e. The van der Waals surface area contributed by atoms with Crippen LogP contribution in [-0.2, 0) is 25.6 Å². The molecule has 0 aliphatic rings. The maximum Gasteiger partial charge on any atom is 0.326 e. The maximum atomic E-state index is 12.7. The summed E-state index contributed by atoms with van der Waals surface area (Å²) < 4.78 is 0. The molecule has 178 valence electrons. The lowest BCUT2D eigenvalue weighted by atomic mass is 9.97. The maximum absolute atomic E-state index is 12.7. The van der Waals surface area contributed by atoms with Gasteiger partial charge in [0, 0.05) is 6.42 Å². The number of phenolic OH excluding ortho intramolecular Hbond substituents is 1. The summed E-state index contributed by atoms with van der Waals surface area (Å²) in [4.78, 5) is 48.8. The minimum absolute atomic E-state index is 0.0212. The molecule has 0 radical (unpaired) electrons. The second-order valence-electron chi connectivity index (χ2n) is 7.66. The highest BCUT2D eigenvalue weighted by atomic mass is 16.4. The molecular formula is C21H32N4O7. The lowest BCUT2D eigenvalue weighted by Gasteiger charge is -2.26. The van der Waals surface area contributed by atoms with E-state index in [4.69, 9.17) is 10.8 Å². The first kappa shape index (κ1) is 26.9. The van der Waals surface area contributed by atoms with Gasteiger partial charge in [-0.3, -0.25) is 14.4 Å². The Bertz CT molecular complexity index is 800. The van der Waals surface area contributed by atoms with Gasteiger partial charge in [-0.15, -0.1) is 0 Å². The summed E-state index contributed by atoms with van der Waals surface area (Å²) in [5.74, 6) is -3.57. The summed E-state index contributed by atoms with van der Waals surface area (Å²) in [5.41, 5.74) is 6.07. The molecule has 0 saturated heterocycles. The number of aliphatic hydroxyl groups is 1. The minimum atomic E-state index is -1.26. The Kier molecular flexibility index (Phi) is 10.6. The van der Waals surface area contributed by atoms with Gasteiger partial charge in [0.05, 0.1) is 6.61 Å². The molecule has 5 atom stereocenters. The number of carbonyl (C=O) groups excluding carboxylic acids is 3. The van der Waals surface area contributed by atoms with E-state index in [9.17, 15) is 29.4 Å². The Hall–Kier alpha value is -3.18. The fraction of sp³-hybridized carbons (Fsp3) is 0.524. The van der Waals surface area contributed by atoms with E-state index in [1.807, 2.05) is 6.92 Å². The van der Waals surface area contributed by atoms with Crippen molar-refractivity contribution < 1.29 is 34.5 Å². The first-order valence-corrected chi connectivity index (χ1v) is 10.3. The number of carboxylic acid groups (broad SMARTS) is 1. The number of nitrogens with one attached hydrogen (secondary N) is 3. The number of hydrogen-bond acceptors (Lipinski definition) is 7. The van der Waals surface area contributed by atoms with Crippen LogP contribution in [0.15, 0.2) is 24.3 Å². The van der Waals surface area contributed by atoms with Crippen molar-refractivity contribution in [1.29, 1.82) is 0 Å². The Balaban J connectivity index is 2.80. The number of carboxylic acids is 1. The van der Waals surface area contributed by atoms with E-state index in [-0.39, 0.29) is 18.1 Å². The van der Waals surface area contributed by atoms with Gasteiger partial charge in [0.2, 0.25) is 17.7 Å². The number of nitrogens with two attached hydrogens (primary N) is 1. The molecule has 0 aromatic heterocycles. The van der Waals surface area contributed by atoms with Gasteiger partial charge in [0.1, 0.15) is 29.9 Å². The van der Waals surface area contributed by atoms with Gasteiger partial charge >= 0.3 is 5.97 Å². The molecule has 32 heavy (non-hydrogen) atoms. The van der Waals surface area contributed by atoms with Gasteiger partial charge in [-0.05, 0) is 30.5 Å². The van der Waals surface area contributed by atoms with Crippen LogP contribution in [0, 0.1) is 5.92 Å². The van der Waals surface area contributed by atoms with Crippen LogP contribution in [0.2, 0.25) is 0 Å².